The van der Waals surface area contributed by atoms with Crippen LogP contribution < -0.4 is 4.74 Å². The minimum atomic E-state index is -2.90. The van der Waals surface area contributed by atoms with Crippen LogP contribution in [0.15, 0.2) is 23.1 Å². The van der Waals surface area contributed by atoms with Gasteiger partial charge in [-0.1, -0.05) is 15.9 Å². The Kier molecular flexibility index (Phi) is 5.21. The van der Waals surface area contributed by atoms with Gasteiger partial charge in [-0.3, -0.25) is 4.79 Å². The Bertz CT molecular complexity index is 385. The highest BCUT2D eigenvalue weighted by Gasteiger charge is 2.12. The first kappa shape index (κ1) is 13.4. The molecule has 0 heterocycles. The standard InChI is InChI=1S/C10H9BrF2O2S/c11-4-3-8(14)7-5-6(15-10(12)13)1-2-9(7)16/h1-2,5,10,16H,3-4H2. The first-order valence-corrected chi connectivity index (χ1v) is 5.98. The number of alkyl halides is 3. The van der Waals surface area contributed by atoms with E-state index in [4.69, 9.17) is 0 Å². The number of carbonyl (C=O) groups excluding carboxylic acids is 1. The molecule has 88 valence electrons. The quantitative estimate of drug-likeness (QED) is 0.511. The first-order valence-electron chi connectivity index (χ1n) is 4.41. The summed E-state index contributed by atoms with van der Waals surface area (Å²) in [5, 5.41) is 0.513. The second-order valence-corrected chi connectivity index (χ2v) is 4.19. The first-order chi connectivity index (χ1) is 7.54. The number of hydrogen-bond acceptors (Lipinski definition) is 3. The molecule has 0 amide bonds. The van der Waals surface area contributed by atoms with E-state index in [0.717, 1.165) is 0 Å². The summed E-state index contributed by atoms with van der Waals surface area (Å²) in [7, 11) is 0. The normalized spacial score (nSPS) is 10.6. The average molecular weight is 311 g/mol. The zero-order valence-corrected chi connectivity index (χ0v) is 10.6. The zero-order chi connectivity index (χ0) is 12.1. The van der Waals surface area contributed by atoms with Crippen LogP contribution in [0.5, 0.6) is 5.75 Å². The van der Waals surface area contributed by atoms with Gasteiger partial charge in [0.2, 0.25) is 0 Å². The largest absolute Gasteiger partial charge is 0.435 e. The number of rotatable bonds is 5. The Hall–Kier alpha value is -0.620. The molecule has 0 N–H and O–H groups in total. The van der Waals surface area contributed by atoms with Gasteiger partial charge in [-0.2, -0.15) is 8.78 Å². The summed E-state index contributed by atoms with van der Waals surface area (Å²) in [4.78, 5) is 12.0. The Labute approximate surface area is 106 Å². The fraction of sp³-hybridized carbons (Fsp3) is 0.300. The SMILES string of the molecule is O=C(CCBr)c1cc(OC(F)F)ccc1S. The van der Waals surface area contributed by atoms with Crippen molar-refractivity contribution in [3.8, 4) is 5.75 Å². The molecular formula is C10H9BrF2O2S. The van der Waals surface area contributed by atoms with Gasteiger partial charge >= 0.3 is 6.61 Å². The van der Waals surface area contributed by atoms with Crippen molar-refractivity contribution in [3.05, 3.63) is 23.8 Å². The Morgan fingerprint density at radius 2 is 2.19 bits per heavy atom. The third-order valence-corrected chi connectivity index (χ3v) is 2.60. The molecule has 0 aliphatic rings. The number of benzene rings is 1. The third kappa shape index (κ3) is 3.75. The molecule has 1 aromatic rings. The lowest BCUT2D eigenvalue weighted by atomic mass is 10.1. The van der Waals surface area contributed by atoms with E-state index in [2.05, 4.69) is 33.3 Å². The van der Waals surface area contributed by atoms with Gasteiger partial charge in [0.05, 0.1) is 0 Å². The van der Waals surface area contributed by atoms with Crippen LogP contribution in [0, 0.1) is 0 Å². The monoisotopic (exact) mass is 310 g/mol. The Balaban J connectivity index is 2.94. The van der Waals surface area contributed by atoms with Gasteiger partial charge in [-0.05, 0) is 18.2 Å². The van der Waals surface area contributed by atoms with Gasteiger partial charge < -0.3 is 4.74 Å². The third-order valence-electron chi connectivity index (χ3n) is 1.82. The molecule has 0 atom stereocenters. The fourth-order valence-corrected chi connectivity index (χ4v) is 1.76. The minimum Gasteiger partial charge on any atom is -0.435 e. The van der Waals surface area contributed by atoms with E-state index in [-0.39, 0.29) is 18.0 Å². The molecular weight excluding hydrogens is 302 g/mol. The summed E-state index contributed by atoms with van der Waals surface area (Å²) in [6.07, 6.45) is 0.283. The molecule has 0 spiro atoms. The van der Waals surface area contributed by atoms with Crippen LogP contribution >= 0.6 is 28.6 Å². The maximum atomic E-state index is 12.0. The van der Waals surface area contributed by atoms with Crippen molar-refractivity contribution in [2.75, 3.05) is 5.33 Å². The molecule has 6 heteroatoms. The van der Waals surface area contributed by atoms with Crippen LogP contribution in [-0.4, -0.2) is 17.7 Å². The number of Topliss-reactive ketones (excluding diaryl/α,β-unsaturated/α-hetero) is 1. The lowest BCUT2D eigenvalue weighted by Crippen LogP contribution is -2.05. The van der Waals surface area contributed by atoms with Gasteiger partial charge in [0.1, 0.15) is 5.75 Å². The van der Waals surface area contributed by atoms with Crippen LogP contribution in [0.2, 0.25) is 0 Å². The van der Waals surface area contributed by atoms with Gasteiger partial charge in [0.25, 0.3) is 0 Å². The molecule has 1 aromatic carbocycles. The molecule has 1 rings (SSSR count). The zero-order valence-electron chi connectivity index (χ0n) is 8.12. The van der Waals surface area contributed by atoms with E-state index in [9.17, 15) is 13.6 Å². The van der Waals surface area contributed by atoms with E-state index >= 15 is 0 Å². The summed E-state index contributed by atoms with van der Waals surface area (Å²) in [6.45, 7) is -2.90. The second kappa shape index (κ2) is 6.20. The van der Waals surface area contributed by atoms with Crippen molar-refractivity contribution in [1.29, 1.82) is 0 Å². The lowest BCUT2D eigenvalue weighted by Gasteiger charge is -2.08. The van der Waals surface area contributed by atoms with Crippen LogP contribution in [0.3, 0.4) is 0 Å². The number of thiol groups is 1. The lowest BCUT2D eigenvalue weighted by molar-refractivity contribution is -0.0499. The van der Waals surface area contributed by atoms with Crippen LogP contribution in [0.25, 0.3) is 0 Å². The van der Waals surface area contributed by atoms with Crippen molar-refractivity contribution in [2.45, 2.75) is 17.9 Å². The van der Waals surface area contributed by atoms with E-state index in [1.54, 1.807) is 0 Å². The van der Waals surface area contributed by atoms with E-state index in [1.807, 2.05) is 0 Å². The predicted molar refractivity (Wildman–Crippen MR) is 63.1 cm³/mol. The fourth-order valence-electron chi connectivity index (χ4n) is 1.14. The summed E-state index contributed by atoms with van der Waals surface area (Å²) < 4.78 is 28.1. The number of ketones is 1. The summed E-state index contributed by atoms with van der Waals surface area (Å²) in [5.41, 5.74) is 0.293. The average Bonchev–Trinajstić information content (AvgIpc) is 2.20. The van der Waals surface area contributed by atoms with Crippen molar-refractivity contribution in [3.63, 3.8) is 0 Å². The van der Waals surface area contributed by atoms with Gasteiger partial charge in [0.15, 0.2) is 5.78 Å². The predicted octanol–water partition coefficient (Wildman–Crippen LogP) is 3.54. The number of ether oxygens (including phenoxy) is 1. The molecule has 0 saturated carbocycles. The summed E-state index contributed by atoms with van der Waals surface area (Å²) in [5.74, 6) is -0.202. The van der Waals surface area contributed by atoms with Gasteiger partial charge in [-0.25, -0.2) is 0 Å². The molecule has 0 radical (unpaired) electrons. The molecule has 0 saturated heterocycles. The van der Waals surface area contributed by atoms with Crippen LogP contribution in [0.1, 0.15) is 16.8 Å². The minimum absolute atomic E-state index is 0.0364. The second-order valence-electron chi connectivity index (χ2n) is 2.92. The number of hydrogen-bond donors (Lipinski definition) is 1. The van der Waals surface area contributed by atoms with E-state index in [0.29, 0.717) is 15.8 Å². The van der Waals surface area contributed by atoms with Crippen LogP contribution in [0.4, 0.5) is 8.78 Å². The van der Waals surface area contributed by atoms with E-state index < -0.39 is 6.61 Å². The number of carbonyl (C=O) groups is 1. The molecule has 0 aliphatic heterocycles. The van der Waals surface area contributed by atoms with Gasteiger partial charge in [-0.15, -0.1) is 12.6 Å². The maximum absolute atomic E-state index is 12.0. The number of halogens is 3. The molecule has 0 bridgehead atoms. The highest BCUT2D eigenvalue weighted by molar-refractivity contribution is 9.09. The molecule has 0 unspecified atom stereocenters. The van der Waals surface area contributed by atoms with Crippen LogP contribution in [-0.2, 0) is 0 Å². The molecule has 0 fully saturated rings. The molecule has 16 heavy (non-hydrogen) atoms. The molecule has 0 aliphatic carbocycles. The van der Waals surface area contributed by atoms with Crippen molar-refractivity contribution in [1.82, 2.24) is 0 Å². The maximum Gasteiger partial charge on any atom is 0.387 e. The highest BCUT2D eigenvalue weighted by atomic mass is 79.9. The van der Waals surface area contributed by atoms with Crippen molar-refractivity contribution in [2.24, 2.45) is 0 Å². The van der Waals surface area contributed by atoms with Crippen molar-refractivity contribution < 1.29 is 18.3 Å². The smallest absolute Gasteiger partial charge is 0.387 e. The Morgan fingerprint density at radius 1 is 1.50 bits per heavy atom. The molecule has 0 aromatic heterocycles. The molecule has 2 nitrogen and oxygen atoms in total. The summed E-state index contributed by atoms with van der Waals surface area (Å²) >= 11 is 7.22. The van der Waals surface area contributed by atoms with Gasteiger partial charge in [0, 0.05) is 22.2 Å². The van der Waals surface area contributed by atoms with Crippen molar-refractivity contribution >= 4 is 34.3 Å². The van der Waals surface area contributed by atoms with E-state index in [1.165, 1.54) is 18.2 Å². The highest BCUT2D eigenvalue weighted by Crippen LogP contribution is 2.23. The Morgan fingerprint density at radius 3 is 2.75 bits per heavy atom. The topological polar surface area (TPSA) is 26.3 Å². The summed E-state index contributed by atoms with van der Waals surface area (Å²) in [6, 6.07) is 4.08.